The Hall–Kier alpha value is -2.90. The summed E-state index contributed by atoms with van der Waals surface area (Å²) in [4.78, 5) is 31.3. The van der Waals surface area contributed by atoms with E-state index in [4.69, 9.17) is 26.1 Å². The Morgan fingerprint density at radius 1 is 1.23 bits per heavy atom. The highest BCUT2D eigenvalue weighted by atomic mass is 35.5. The average molecular weight is 457 g/mol. The molecule has 160 valence electrons. The van der Waals surface area contributed by atoms with Gasteiger partial charge in [-0.05, 0) is 45.0 Å². The van der Waals surface area contributed by atoms with Crippen LogP contribution in [0.3, 0.4) is 0 Å². The highest BCUT2D eigenvalue weighted by Gasteiger charge is 2.34. The zero-order valence-electron chi connectivity index (χ0n) is 17.3. The third-order valence-electron chi connectivity index (χ3n) is 4.82. The SMILES string of the molecule is CC(C)OC(=O)C(C)N1C(=O)COc2ccc(-c3csc(-c4ccccc4Cl)n3)cc21. The van der Waals surface area contributed by atoms with E-state index in [2.05, 4.69) is 0 Å². The first-order chi connectivity index (χ1) is 14.8. The molecule has 1 amide bonds. The molecule has 2 heterocycles. The van der Waals surface area contributed by atoms with Crippen LogP contribution in [0, 0.1) is 0 Å². The second-order valence-corrected chi connectivity index (χ2v) is 8.68. The maximum Gasteiger partial charge on any atom is 0.329 e. The standard InChI is InChI=1S/C23H21ClN2O4S/c1-13(2)30-23(28)14(3)26-19-10-15(8-9-20(19)29-11-21(26)27)18-12-31-22(25-18)16-6-4-5-7-17(16)24/h4-10,12-14H,11H2,1-3H3. The molecule has 0 N–H and O–H groups in total. The summed E-state index contributed by atoms with van der Waals surface area (Å²) in [6.45, 7) is 5.08. The second kappa shape index (κ2) is 8.69. The fourth-order valence-corrected chi connectivity index (χ4v) is 4.51. The van der Waals surface area contributed by atoms with E-state index in [0.717, 1.165) is 21.8 Å². The van der Waals surface area contributed by atoms with Gasteiger partial charge in [0.05, 0.1) is 22.5 Å². The minimum atomic E-state index is -0.776. The molecule has 0 radical (unpaired) electrons. The first-order valence-electron chi connectivity index (χ1n) is 9.85. The number of rotatable bonds is 5. The Morgan fingerprint density at radius 3 is 2.74 bits per heavy atom. The summed E-state index contributed by atoms with van der Waals surface area (Å²) in [5.74, 6) is -0.224. The Bertz CT molecular complexity index is 1140. The molecule has 1 aliphatic heterocycles. The van der Waals surface area contributed by atoms with Gasteiger partial charge in [-0.1, -0.05) is 29.8 Å². The highest BCUT2D eigenvalue weighted by Crippen LogP contribution is 2.39. The van der Waals surface area contributed by atoms with E-state index in [1.807, 2.05) is 41.8 Å². The molecule has 1 unspecified atom stereocenters. The number of hydrogen-bond acceptors (Lipinski definition) is 6. The van der Waals surface area contributed by atoms with Gasteiger partial charge in [-0.25, -0.2) is 9.78 Å². The quantitative estimate of drug-likeness (QED) is 0.494. The van der Waals surface area contributed by atoms with E-state index >= 15 is 0 Å². The predicted octanol–water partition coefficient (Wildman–Crippen LogP) is 5.20. The van der Waals surface area contributed by atoms with Gasteiger partial charge in [0, 0.05) is 16.5 Å². The van der Waals surface area contributed by atoms with E-state index in [-0.39, 0.29) is 18.6 Å². The van der Waals surface area contributed by atoms with Gasteiger partial charge in [-0.2, -0.15) is 0 Å². The number of thiazole rings is 1. The first-order valence-corrected chi connectivity index (χ1v) is 11.1. The molecule has 1 aliphatic rings. The van der Waals surface area contributed by atoms with Gasteiger partial charge in [-0.3, -0.25) is 9.69 Å². The van der Waals surface area contributed by atoms with Crippen molar-refractivity contribution < 1.29 is 19.1 Å². The Morgan fingerprint density at radius 2 is 2.00 bits per heavy atom. The van der Waals surface area contributed by atoms with Crippen molar-refractivity contribution >= 4 is 40.5 Å². The molecule has 0 fully saturated rings. The number of carbonyl (C=O) groups excluding carboxylic acids is 2. The third-order valence-corrected chi connectivity index (χ3v) is 6.03. The molecule has 3 aromatic rings. The molecule has 0 saturated heterocycles. The molecule has 2 aromatic carbocycles. The number of nitrogens with zero attached hydrogens (tertiary/aromatic N) is 2. The van der Waals surface area contributed by atoms with Crippen LogP contribution in [-0.4, -0.2) is 35.6 Å². The number of hydrogen-bond donors (Lipinski definition) is 0. The number of esters is 1. The van der Waals surface area contributed by atoms with Crippen LogP contribution in [0.2, 0.25) is 5.02 Å². The summed E-state index contributed by atoms with van der Waals surface area (Å²) in [5, 5.41) is 3.38. The van der Waals surface area contributed by atoms with Crippen molar-refractivity contribution in [3.63, 3.8) is 0 Å². The number of aromatic nitrogens is 1. The lowest BCUT2D eigenvalue weighted by atomic mass is 10.1. The van der Waals surface area contributed by atoms with Crippen LogP contribution in [0.15, 0.2) is 47.8 Å². The number of benzene rings is 2. The highest BCUT2D eigenvalue weighted by molar-refractivity contribution is 7.13. The lowest BCUT2D eigenvalue weighted by molar-refractivity contribution is -0.149. The van der Waals surface area contributed by atoms with E-state index in [1.54, 1.807) is 26.8 Å². The Balaban J connectivity index is 1.69. The number of halogens is 1. The summed E-state index contributed by atoms with van der Waals surface area (Å²) in [6, 6.07) is 12.3. The van der Waals surface area contributed by atoms with Crippen molar-refractivity contribution in [1.82, 2.24) is 4.98 Å². The summed E-state index contributed by atoms with van der Waals surface area (Å²) in [7, 11) is 0. The smallest absolute Gasteiger partial charge is 0.329 e. The van der Waals surface area contributed by atoms with Gasteiger partial charge in [0.1, 0.15) is 16.8 Å². The van der Waals surface area contributed by atoms with Gasteiger partial charge < -0.3 is 9.47 Å². The van der Waals surface area contributed by atoms with Crippen molar-refractivity contribution in [2.45, 2.75) is 32.9 Å². The Kier molecular flexibility index (Phi) is 5.98. The average Bonchev–Trinajstić information content (AvgIpc) is 3.22. The van der Waals surface area contributed by atoms with Crippen LogP contribution in [-0.2, 0) is 14.3 Å². The number of amides is 1. The lowest BCUT2D eigenvalue weighted by Crippen LogP contribution is -2.49. The zero-order valence-corrected chi connectivity index (χ0v) is 18.9. The normalized spacial score (nSPS) is 14.2. The lowest BCUT2D eigenvalue weighted by Gasteiger charge is -2.33. The molecule has 1 aromatic heterocycles. The first kappa shape index (κ1) is 21.3. The minimum absolute atomic E-state index is 0.126. The van der Waals surface area contributed by atoms with Crippen LogP contribution in [0.25, 0.3) is 21.8 Å². The van der Waals surface area contributed by atoms with Gasteiger partial charge in [0.15, 0.2) is 6.61 Å². The maximum absolute atomic E-state index is 12.6. The van der Waals surface area contributed by atoms with Gasteiger partial charge in [0.25, 0.3) is 5.91 Å². The molecular formula is C23H21ClN2O4S. The molecule has 0 aliphatic carbocycles. The van der Waals surface area contributed by atoms with Crippen LogP contribution >= 0.6 is 22.9 Å². The van der Waals surface area contributed by atoms with E-state index in [1.165, 1.54) is 16.2 Å². The van der Waals surface area contributed by atoms with Crippen LogP contribution < -0.4 is 9.64 Å². The molecule has 0 saturated carbocycles. The minimum Gasteiger partial charge on any atom is -0.482 e. The van der Waals surface area contributed by atoms with Crippen molar-refractivity contribution in [1.29, 1.82) is 0 Å². The van der Waals surface area contributed by atoms with Crippen LogP contribution in [0.5, 0.6) is 5.75 Å². The number of carbonyl (C=O) groups is 2. The van der Waals surface area contributed by atoms with Gasteiger partial charge >= 0.3 is 5.97 Å². The van der Waals surface area contributed by atoms with Gasteiger partial charge in [0.2, 0.25) is 0 Å². The number of fused-ring (bicyclic) bond motifs is 1. The summed E-state index contributed by atoms with van der Waals surface area (Å²) in [6.07, 6.45) is -0.268. The number of anilines is 1. The summed E-state index contributed by atoms with van der Waals surface area (Å²) >= 11 is 7.79. The van der Waals surface area contributed by atoms with E-state index in [9.17, 15) is 9.59 Å². The molecule has 1 atom stereocenters. The zero-order chi connectivity index (χ0) is 22.1. The predicted molar refractivity (Wildman–Crippen MR) is 122 cm³/mol. The molecule has 6 nitrogen and oxygen atoms in total. The van der Waals surface area contributed by atoms with Crippen molar-refractivity contribution in [3.8, 4) is 27.6 Å². The maximum atomic E-state index is 12.6. The molecule has 8 heteroatoms. The molecule has 0 bridgehead atoms. The van der Waals surface area contributed by atoms with Crippen LogP contribution in [0.1, 0.15) is 20.8 Å². The van der Waals surface area contributed by atoms with E-state index < -0.39 is 12.0 Å². The summed E-state index contributed by atoms with van der Waals surface area (Å²) in [5.41, 5.74) is 2.94. The fourth-order valence-electron chi connectivity index (χ4n) is 3.36. The largest absolute Gasteiger partial charge is 0.482 e. The second-order valence-electron chi connectivity index (χ2n) is 7.41. The molecule has 31 heavy (non-hydrogen) atoms. The molecule has 0 spiro atoms. The van der Waals surface area contributed by atoms with E-state index in [0.29, 0.717) is 16.5 Å². The third kappa shape index (κ3) is 4.29. The fraction of sp³-hybridized carbons (Fsp3) is 0.261. The Labute approximate surface area is 189 Å². The topological polar surface area (TPSA) is 68.7 Å². The molecular weight excluding hydrogens is 436 g/mol. The number of ether oxygens (including phenoxy) is 2. The summed E-state index contributed by atoms with van der Waals surface area (Å²) < 4.78 is 10.9. The molecule has 4 rings (SSSR count). The van der Waals surface area contributed by atoms with Crippen LogP contribution in [0.4, 0.5) is 5.69 Å². The van der Waals surface area contributed by atoms with Crippen molar-refractivity contribution in [2.24, 2.45) is 0 Å². The van der Waals surface area contributed by atoms with Crippen molar-refractivity contribution in [3.05, 3.63) is 52.9 Å². The monoisotopic (exact) mass is 456 g/mol. The van der Waals surface area contributed by atoms with Crippen molar-refractivity contribution in [2.75, 3.05) is 11.5 Å². The van der Waals surface area contributed by atoms with Gasteiger partial charge in [-0.15, -0.1) is 11.3 Å².